The Kier molecular flexibility index (Phi) is 5.93. The van der Waals surface area contributed by atoms with Gasteiger partial charge in [-0.2, -0.15) is 0 Å². The highest BCUT2D eigenvalue weighted by Crippen LogP contribution is 2.33. The Morgan fingerprint density at radius 1 is 1.23 bits per heavy atom. The fourth-order valence-electron chi connectivity index (χ4n) is 3.50. The lowest BCUT2D eigenvalue weighted by atomic mass is 10.0. The molecule has 3 aromatic rings. The maximum atomic E-state index is 13.5. The van der Waals surface area contributed by atoms with Crippen LogP contribution in [0, 0.1) is 0 Å². The molecule has 1 aliphatic heterocycles. The first kappa shape index (κ1) is 21.3. The number of nitrogens with zero attached hydrogens (tertiary/aromatic N) is 2. The number of fused-ring (bicyclic) bond motifs is 1. The molecule has 4 rings (SSSR count). The summed E-state index contributed by atoms with van der Waals surface area (Å²) in [5.74, 6) is 0.231. The molecule has 0 aliphatic carbocycles. The van der Waals surface area contributed by atoms with Gasteiger partial charge in [-0.05, 0) is 44.4 Å². The number of allylic oxidation sites excluding steroid dienone is 1. The molecular formula is C23H22N2O4S2. The summed E-state index contributed by atoms with van der Waals surface area (Å²) in [6.45, 7) is 5.39. The minimum Gasteiger partial charge on any atom is -0.496 e. The zero-order chi connectivity index (χ0) is 22.1. The van der Waals surface area contributed by atoms with E-state index in [1.54, 1.807) is 38.5 Å². The van der Waals surface area contributed by atoms with Crippen LogP contribution >= 0.6 is 22.7 Å². The van der Waals surface area contributed by atoms with E-state index in [9.17, 15) is 9.59 Å². The van der Waals surface area contributed by atoms with E-state index in [1.807, 2.05) is 41.8 Å². The second kappa shape index (κ2) is 8.64. The van der Waals surface area contributed by atoms with E-state index >= 15 is 0 Å². The molecule has 160 valence electrons. The Morgan fingerprint density at radius 2 is 2.00 bits per heavy atom. The van der Waals surface area contributed by atoms with Crippen molar-refractivity contribution in [1.82, 2.24) is 4.57 Å². The number of hydrogen-bond acceptors (Lipinski definition) is 7. The minimum atomic E-state index is -0.567. The number of para-hydroxylation sites is 1. The molecule has 0 radical (unpaired) electrons. The average molecular weight is 455 g/mol. The van der Waals surface area contributed by atoms with E-state index in [2.05, 4.69) is 4.99 Å². The summed E-state index contributed by atoms with van der Waals surface area (Å²) in [4.78, 5) is 32.5. The molecule has 0 fully saturated rings. The van der Waals surface area contributed by atoms with Gasteiger partial charge in [0.1, 0.15) is 11.8 Å². The summed E-state index contributed by atoms with van der Waals surface area (Å²) in [6, 6.07) is 10.8. The normalized spacial score (nSPS) is 16.3. The maximum Gasteiger partial charge on any atom is 0.338 e. The highest BCUT2D eigenvalue weighted by Gasteiger charge is 2.34. The van der Waals surface area contributed by atoms with Crippen molar-refractivity contribution in [3.63, 3.8) is 0 Å². The third-order valence-corrected chi connectivity index (χ3v) is 6.73. The second-order valence-electron chi connectivity index (χ2n) is 7.29. The van der Waals surface area contributed by atoms with Crippen LogP contribution in [-0.2, 0) is 9.53 Å². The second-order valence-corrected chi connectivity index (χ2v) is 9.28. The summed E-state index contributed by atoms with van der Waals surface area (Å²) >= 11 is 2.79. The van der Waals surface area contributed by atoms with Gasteiger partial charge >= 0.3 is 5.97 Å². The molecule has 3 heterocycles. The van der Waals surface area contributed by atoms with Gasteiger partial charge in [0.25, 0.3) is 5.56 Å². The molecule has 1 aromatic carbocycles. The minimum absolute atomic E-state index is 0.199. The molecule has 1 atom stereocenters. The molecule has 0 bridgehead atoms. The van der Waals surface area contributed by atoms with E-state index in [4.69, 9.17) is 9.47 Å². The summed E-state index contributed by atoms with van der Waals surface area (Å²) in [5.41, 5.74) is 1.56. The van der Waals surface area contributed by atoms with Gasteiger partial charge in [-0.25, -0.2) is 9.79 Å². The Morgan fingerprint density at radius 3 is 2.68 bits per heavy atom. The first-order valence-electron chi connectivity index (χ1n) is 9.80. The standard InChI is InChI=1S/C23H22N2O4S2/c1-13(2)29-22(27)19-14(3)24-23-25(20(19)17-10-7-11-30-17)21(26)18(31-23)12-15-8-5-6-9-16(15)28-4/h5-13,20H,1-4H3. The highest BCUT2D eigenvalue weighted by atomic mass is 32.1. The number of ether oxygens (including phenoxy) is 2. The van der Waals surface area contributed by atoms with Crippen molar-refractivity contribution in [2.75, 3.05) is 7.11 Å². The number of benzene rings is 1. The van der Waals surface area contributed by atoms with Crippen molar-refractivity contribution < 1.29 is 14.3 Å². The van der Waals surface area contributed by atoms with Gasteiger partial charge in [0, 0.05) is 10.4 Å². The van der Waals surface area contributed by atoms with Crippen LogP contribution in [0.2, 0.25) is 0 Å². The first-order chi connectivity index (χ1) is 14.9. The lowest BCUT2D eigenvalue weighted by Gasteiger charge is -2.24. The molecule has 2 aromatic heterocycles. The molecular weight excluding hydrogens is 432 g/mol. The number of hydrogen-bond donors (Lipinski definition) is 0. The SMILES string of the molecule is COc1ccccc1C=c1sc2n(c1=O)C(c1cccs1)C(C(=O)OC(C)C)=C(C)N=2. The van der Waals surface area contributed by atoms with Crippen molar-refractivity contribution in [3.05, 3.63) is 83.2 Å². The molecule has 0 N–H and O–H groups in total. The Hall–Kier alpha value is -2.97. The van der Waals surface area contributed by atoms with Crippen molar-refractivity contribution >= 4 is 34.7 Å². The van der Waals surface area contributed by atoms with Crippen LogP contribution in [0.4, 0.5) is 0 Å². The fraction of sp³-hybridized carbons (Fsp3) is 0.261. The van der Waals surface area contributed by atoms with Gasteiger partial charge in [-0.1, -0.05) is 35.6 Å². The summed E-state index contributed by atoms with van der Waals surface area (Å²) in [6.07, 6.45) is 1.53. The number of carbonyl (C=O) groups is 1. The van der Waals surface area contributed by atoms with Crippen LogP contribution in [0.15, 0.2) is 62.8 Å². The number of esters is 1. The summed E-state index contributed by atoms with van der Waals surface area (Å²) in [5, 5.41) is 1.93. The smallest absolute Gasteiger partial charge is 0.338 e. The van der Waals surface area contributed by atoms with Gasteiger partial charge in [-0.15, -0.1) is 11.3 Å². The van der Waals surface area contributed by atoms with Crippen molar-refractivity contribution in [2.24, 2.45) is 4.99 Å². The number of rotatable bonds is 5. The summed E-state index contributed by atoms with van der Waals surface area (Å²) in [7, 11) is 1.60. The third kappa shape index (κ3) is 4.00. The maximum absolute atomic E-state index is 13.5. The van der Waals surface area contributed by atoms with Gasteiger partial charge in [0.15, 0.2) is 4.80 Å². The predicted octanol–water partition coefficient (Wildman–Crippen LogP) is 3.26. The summed E-state index contributed by atoms with van der Waals surface area (Å²) < 4.78 is 13.0. The molecule has 1 aliphatic rings. The molecule has 0 saturated carbocycles. The monoisotopic (exact) mass is 454 g/mol. The number of methoxy groups -OCH3 is 1. The fourth-order valence-corrected chi connectivity index (χ4v) is 5.36. The lowest BCUT2D eigenvalue weighted by Crippen LogP contribution is -2.39. The van der Waals surface area contributed by atoms with Crippen LogP contribution in [-0.4, -0.2) is 23.8 Å². The van der Waals surface area contributed by atoms with Crippen LogP contribution in [0.5, 0.6) is 5.75 Å². The lowest BCUT2D eigenvalue weighted by molar-refractivity contribution is -0.143. The largest absolute Gasteiger partial charge is 0.496 e. The van der Waals surface area contributed by atoms with Crippen molar-refractivity contribution in [2.45, 2.75) is 32.9 Å². The molecule has 0 amide bonds. The zero-order valence-corrected chi connectivity index (χ0v) is 19.3. The molecule has 1 unspecified atom stereocenters. The van der Waals surface area contributed by atoms with Gasteiger partial charge in [0.2, 0.25) is 0 Å². The quantitative estimate of drug-likeness (QED) is 0.555. The van der Waals surface area contributed by atoms with Crippen LogP contribution in [0.1, 0.15) is 37.3 Å². The van der Waals surface area contributed by atoms with Crippen molar-refractivity contribution in [1.29, 1.82) is 0 Å². The molecule has 31 heavy (non-hydrogen) atoms. The first-order valence-corrected chi connectivity index (χ1v) is 11.5. The number of aromatic nitrogens is 1. The van der Waals surface area contributed by atoms with Gasteiger partial charge in [-0.3, -0.25) is 9.36 Å². The number of carbonyl (C=O) groups excluding carboxylic acids is 1. The van der Waals surface area contributed by atoms with Gasteiger partial charge in [0.05, 0.1) is 29.0 Å². The predicted molar refractivity (Wildman–Crippen MR) is 122 cm³/mol. The van der Waals surface area contributed by atoms with Crippen LogP contribution in [0.3, 0.4) is 0 Å². The average Bonchev–Trinajstić information content (AvgIpc) is 3.36. The Balaban J connectivity index is 1.93. The molecule has 6 nitrogen and oxygen atoms in total. The van der Waals surface area contributed by atoms with E-state index < -0.39 is 12.0 Å². The number of thiophene rings is 1. The van der Waals surface area contributed by atoms with E-state index in [-0.39, 0.29) is 11.7 Å². The molecule has 0 spiro atoms. The molecule has 0 saturated heterocycles. The highest BCUT2D eigenvalue weighted by molar-refractivity contribution is 7.10. The Labute approximate surface area is 187 Å². The zero-order valence-electron chi connectivity index (χ0n) is 17.6. The van der Waals surface area contributed by atoms with Crippen LogP contribution in [0.25, 0.3) is 6.08 Å². The third-order valence-electron chi connectivity index (χ3n) is 4.82. The Bertz CT molecular complexity index is 1330. The number of thiazole rings is 1. The van der Waals surface area contributed by atoms with E-state index in [0.717, 1.165) is 10.4 Å². The van der Waals surface area contributed by atoms with Gasteiger partial charge < -0.3 is 9.47 Å². The molecule has 8 heteroatoms. The van der Waals surface area contributed by atoms with Crippen LogP contribution < -0.4 is 19.6 Å². The van der Waals surface area contributed by atoms with Crippen molar-refractivity contribution in [3.8, 4) is 5.75 Å². The van der Waals surface area contributed by atoms with E-state index in [1.165, 1.54) is 22.7 Å². The topological polar surface area (TPSA) is 69.9 Å². The van der Waals surface area contributed by atoms with E-state index in [0.29, 0.717) is 26.4 Å².